The Hall–Kier alpha value is -2.96. The first-order chi connectivity index (χ1) is 18.6. The zero-order chi connectivity index (χ0) is 26.5. The van der Waals surface area contributed by atoms with Crippen LogP contribution in [0.2, 0.25) is 0 Å². The summed E-state index contributed by atoms with van der Waals surface area (Å²) in [4.78, 5) is 3.38. The monoisotopic (exact) mass is 533 g/mol. The van der Waals surface area contributed by atoms with Gasteiger partial charge in [0.25, 0.3) is 0 Å². The first kappa shape index (κ1) is 26.6. The minimum Gasteiger partial charge on any atom is -0.508 e. The second-order valence-corrected chi connectivity index (χ2v) is 11.1. The molecule has 0 bridgehead atoms. The highest BCUT2D eigenvalue weighted by Crippen LogP contribution is 2.45. The van der Waals surface area contributed by atoms with E-state index in [1.165, 1.54) is 22.3 Å². The Morgan fingerprint density at radius 2 is 1.82 bits per heavy atom. The van der Waals surface area contributed by atoms with Gasteiger partial charge in [0.15, 0.2) is 0 Å². The number of benzene rings is 3. The van der Waals surface area contributed by atoms with Crippen molar-refractivity contribution in [1.82, 2.24) is 4.90 Å². The van der Waals surface area contributed by atoms with Crippen molar-refractivity contribution in [3.8, 4) is 17.2 Å². The molecular formula is C32H36FNO3S. The van der Waals surface area contributed by atoms with Gasteiger partial charge in [-0.05, 0) is 109 Å². The predicted molar refractivity (Wildman–Crippen MR) is 154 cm³/mol. The predicted octanol–water partition coefficient (Wildman–Crippen LogP) is 7.37. The molecular weight excluding hydrogens is 497 g/mol. The molecule has 1 atom stereocenters. The van der Waals surface area contributed by atoms with Crippen molar-refractivity contribution in [1.29, 1.82) is 0 Å². The Kier molecular flexibility index (Phi) is 8.60. The van der Waals surface area contributed by atoms with E-state index in [2.05, 4.69) is 54.3 Å². The number of phenols is 1. The highest BCUT2D eigenvalue weighted by Gasteiger charge is 2.25. The molecule has 3 aromatic rings. The van der Waals surface area contributed by atoms with Crippen LogP contribution in [0.15, 0.2) is 65.6 Å². The van der Waals surface area contributed by atoms with Crippen LogP contribution in [0.3, 0.4) is 0 Å². The lowest BCUT2D eigenvalue weighted by Gasteiger charge is -2.19. The molecule has 5 rings (SSSR count). The Morgan fingerprint density at radius 1 is 1.03 bits per heavy atom. The standard InChI is InChI=1S/C32H36FNO3S/c1-3-36-26-10-12-28(22(2)19-26)29-14-18-38-31-20-24(35)7-11-30(31)32(29)23-5-8-25(9-6-23)37-27-13-17-34(21-27)16-4-15-33/h5-12,19-20,27,35H,3-4,13-18,21H2,1-2H3/t27-/m0/s1. The van der Waals surface area contributed by atoms with Gasteiger partial charge in [-0.1, -0.05) is 18.2 Å². The zero-order valence-corrected chi connectivity index (χ0v) is 23.0. The van der Waals surface area contributed by atoms with Crippen molar-refractivity contribution in [2.24, 2.45) is 0 Å². The van der Waals surface area contributed by atoms with E-state index in [4.69, 9.17) is 9.47 Å². The largest absolute Gasteiger partial charge is 0.508 e. The van der Waals surface area contributed by atoms with Crippen molar-refractivity contribution in [3.63, 3.8) is 0 Å². The number of likely N-dealkylation sites (tertiary alicyclic amines) is 1. The summed E-state index contributed by atoms with van der Waals surface area (Å²) in [5.74, 6) is 2.97. The first-order valence-corrected chi connectivity index (χ1v) is 14.5. The summed E-state index contributed by atoms with van der Waals surface area (Å²) < 4.78 is 24.6. The molecule has 1 N–H and O–H groups in total. The second-order valence-electron chi connectivity index (χ2n) is 9.94. The van der Waals surface area contributed by atoms with Crippen LogP contribution in [0.4, 0.5) is 4.39 Å². The van der Waals surface area contributed by atoms with Crippen molar-refractivity contribution < 1.29 is 19.0 Å². The summed E-state index contributed by atoms with van der Waals surface area (Å²) in [6.07, 6.45) is 2.61. The summed E-state index contributed by atoms with van der Waals surface area (Å²) in [6.45, 7) is 7.13. The molecule has 6 heteroatoms. The fourth-order valence-corrected chi connectivity index (χ4v) is 6.55. The van der Waals surface area contributed by atoms with E-state index in [0.29, 0.717) is 13.0 Å². The van der Waals surface area contributed by atoms with Gasteiger partial charge in [0.1, 0.15) is 23.4 Å². The van der Waals surface area contributed by atoms with Crippen LogP contribution in [0.1, 0.15) is 48.4 Å². The molecule has 3 aromatic carbocycles. The number of hydrogen-bond donors (Lipinski definition) is 1. The number of fused-ring (bicyclic) bond motifs is 1. The summed E-state index contributed by atoms with van der Waals surface area (Å²) in [5, 5.41) is 10.2. The molecule has 1 saturated heterocycles. The SMILES string of the molecule is CCOc1ccc(C2=C(c3ccc(O[C@H]4CCN(CCCF)C4)cc3)c3ccc(O)cc3SCC2)c(C)c1. The fraction of sp³-hybridized carbons (Fsp3) is 0.375. The molecule has 4 nitrogen and oxygen atoms in total. The van der Waals surface area contributed by atoms with E-state index < -0.39 is 0 Å². The molecule has 0 aromatic heterocycles. The molecule has 2 heterocycles. The number of allylic oxidation sites excluding steroid dienone is 1. The Morgan fingerprint density at radius 3 is 2.58 bits per heavy atom. The van der Waals surface area contributed by atoms with E-state index in [-0.39, 0.29) is 18.5 Å². The number of alkyl halides is 1. The first-order valence-electron chi connectivity index (χ1n) is 13.5. The highest BCUT2D eigenvalue weighted by molar-refractivity contribution is 7.99. The van der Waals surface area contributed by atoms with Crippen LogP contribution >= 0.6 is 11.8 Å². The lowest BCUT2D eigenvalue weighted by Crippen LogP contribution is -2.26. The number of rotatable bonds is 9. The third-order valence-corrected chi connectivity index (χ3v) is 8.32. The van der Waals surface area contributed by atoms with Gasteiger partial charge in [-0.25, -0.2) is 0 Å². The van der Waals surface area contributed by atoms with Crippen molar-refractivity contribution in [2.75, 3.05) is 38.7 Å². The molecule has 38 heavy (non-hydrogen) atoms. The molecule has 0 unspecified atom stereocenters. The summed E-state index contributed by atoms with van der Waals surface area (Å²) in [6, 6.07) is 20.5. The molecule has 2 aliphatic rings. The van der Waals surface area contributed by atoms with Gasteiger partial charge in [0.2, 0.25) is 0 Å². The number of thioether (sulfide) groups is 1. The Bertz CT molecular complexity index is 1290. The Labute approximate surface area is 229 Å². The van der Waals surface area contributed by atoms with Crippen molar-refractivity contribution >= 4 is 22.9 Å². The zero-order valence-electron chi connectivity index (χ0n) is 22.2. The number of aromatic hydroxyl groups is 1. The van der Waals surface area contributed by atoms with E-state index >= 15 is 0 Å². The number of hydrogen-bond acceptors (Lipinski definition) is 5. The van der Waals surface area contributed by atoms with Crippen LogP contribution in [0.25, 0.3) is 11.1 Å². The molecule has 0 spiro atoms. The number of aryl methyl sites for hydroxylation is 1. The average Bonchev–Trinajstić information content (AvgIpc) is 3.27. The third kappa shape index (κ3) is 6.02. The smallest absolute Gasteiger partial charge is 0.119 e. The van der Waals surface area contributed by atoms with Gasteiger partial charge in [-0.3, -0.25) is 9.29 Å². The van der Waals surface area contributed by atoms with Crippen LogP contribution in [-0.2, 0) is 0 Å². The van der Waals surface area contributed by atoms with E-state index in [9.17, 15) is 9.50 Å². The van der Waals surface area contributed by atoms with Crippen LogP contribution in [0.5, 0.6) is 17.2 Å². The molecule has 0 saturated carbocycles. The number of halogens is 1. The molecule has 200 valence electrons. The van der Waals surface area contributed by atoms with Gasteiger partial charge >= 0.3 is 0 Å². The van der Waals surface area contributed by atoms with Crippen LogP contribution in [-0.4, -0.2) is 54.8 Å². The van der Waals surface area contributed by atoms with Gasteiger partial charge in [0.05, 0.1) is 13.3 Å². The summed E-state index contributed by atoms with van der Waals surface area (Å²) in [7, 11) is 0. The molecule has 0 aliphatic carbocycles. The maximum absolute atomic E-state index is 12.5. The van der Waals surface area contributed by atoms with Crippen LogP contribution in [0, 0.1) is 6.92 Å². The third-order valence-electron chi connectivity index (χ3n) is 7.26. The molecule has 1 fully saturated rings. The van der Waals surface area contributed by atoms with Gasteiger partial charge < -0.3 is 14.6 Å². The minimum absolute atomic E-state index is 0.139. The lowest BCUT2D eigenvalue weighted by atomic mass is 9.86. The topological polar surface area (TPSA) is 41.9 Å². The van der Waals surface area contributed by atoms with Crippen molar-refractivity contribution in [3.05, 3.63) is 82.9 Å². The summed E-state index contributed by atoms with van der Waals surface area (Å²) >= 11 is 1.79. The molecule has 2 aliphatic heterocycles. The van der Waals surface area contributed by atoms with Crippen LogP contribution < -0.4 is 9.47 Å². The van der Waals surface area contributed by atoms with Gasteiger partial charge in [-0.15, -0.1) is 11.8 Å². The average molecular weight is 534 g/mol. The lowest BCUT2D eigenvalue weighted by molar-refractivity contribution is 0.198. The van der Waals surface area contributed by atoms with E-state index in [1.807, 2.05) is 19.1 Å². The normalized spacial score (nSPS) is 17.8. The number of phenolic OH excluding ortho intramolecular Hbond substituents is 1. The minimum atomic E-state index is -0.265. The van der Waals surface area contributed by atoms with Gasteiger partial charge in [0, 0.05) is 30.3 Å². The number of ether oxygens (including phenoxy) is 2. The maximum atomic E-state index is 12.5. The Balaban J connectivity index is 1.49. The van der Waals surface area contributed by atoms with Crippen molar-refractivity contribution in [2.45, 2.75) is 44.1 Å². The molecule has 0 radical (unpaired) electrons. The maximum Gasteiger partial charge on any atom is 0.119 e. The fourth-order valence-electron chi connectivity index (χ4n) is 5.49. The highest BCUT2D eigenvalue weighted by atomic mass is 32.2. The van der Waals surface area contributed by atoms with E-state index in [1.54, 1.807) is 17.8 Å². The van der Waals surface area contributed by atoms with Gasteiger partial charge in [-0.2, -0.15) is 0 Å². The summed E-state index contributed by atoms with van der Waals surface area (Å²) in [5.41, 5.74) is 7.18. The second kappa shape index (κ2) is 12.3. The number of nitrogens with zero attached hydrogens (tertiary/aromatic N) is 1. The molecule has 0 amide bonds. The quantitative estimate of drug-likeness (QED) is 0.311. The van der Waals surface area contributed by atoms with E-state index in [0.717, 1.165) is 65.8 Å².